The van der Waals surface area contributed by atoms with Crippen molar-refractivity contribution in [3.05, 3.63) is 98.1 Å². The highest BCUT2D eigenvalue weighted by molar-refractivity contribution is 9.10. The maximum atomic E-state index is 13.3. The third kappa shape index (κ3) is 4.65. The quantitative estimate of drug-likeness (QED) is 0.671. The van der Waals surface area contributed by atoms with Gasteiger partial charge in [-0.1, -0.05) is 22.0 Å². The lowest BCUT2D eigenvalue weighted by Crippen LogP contribution is -2.32. The molecule has 0 radical (unpaired) electrons. The first-order valence-corrected chi connectivity index (χ1v) is 8.75. The van der Waals surface area contributed by atoms with Gasteiger partial charge in [0.1, 0.15) is 5.56 Å². The second kappa shape index (κ2) is 8.22. The second-order valence-electron chi connectivity index (χ2n) is 5.75. The third-order valence-electron chi connectivity index (χ3n) is 3.81. The van der Waals surface area contributed by atoms with E-state index in [4.69, 9.17) is 0 Å². The van der Waals surface area contributed by atoms with Gasteiger partial charge in [0.25, 0.3) is 11.5 Å². The molecule has 3 aromatic rings. The monoisotopic (exact) mass is 433 g/mol. The first-order valence-electron chi connectivity index (χ1n) is 7.96. The molecule has 0 aliphatic heterocycles. The minimum absolute atomic E-state index is 0.0182. The van der Waals surface area contributed by atoms with Crippen LogP contribution in [0.2, 0.25) is 0 Å². The number of nitrogens with one attached hydrogen (secondary N) is 1. The van der Waals surface area contributed by atoms with Gasteiger partial charge in [-0.25, -0.2) is 8.78 Å². The van der Waals surface area contributed by atoms with Crippen molar-refractivity contribution in [2.45, 2.75) is 13.1 Å². The maximum absolute atomic E-state index is 13.3. The van der Waals surface area contributed by atoms with E-state index in [1.54, 1.807) is 24.4 Å². The Labute approximate surface area is 161 Å². The van der Waals surface area contributed by atoms with E-state index in [0.717, 1.165) is 16.6 Å². The van der Waals surface area contributed by atoms with Crippen LogP contribution in [0.3, 0.4) is 0 Å². The zero-order valence-electron chi connectivity index (χ0n) is 14.0. The van der Waals surface area contributed by atoms with Crippen molar-refractivity contribution < 1.29 is 13.6 Å². The predicted molar refractivity (Wildman–Crippen MR) is 99.3 cm³/mol. The summed E-state index contributed by atoms with van der Waals surface area (Å²) in [6.45, 7) is 0.181. The number of benzene rings is 1. The molecule has 27 heavy (non-hydrogen) atoms. The Morgan fingerprint density at radius 1 is 1.15 bits per heavy atom. The molecule has 1 N–H and O–H groups in total. The van der Waals surface area contributed by atoms with Crippen molar-refractivity contribution in [1.82, 2.24) is 14.9 Å². The van der Waals surface area contributed by atoms with Crippen LogP contribution in [0.25, 0.3) is 0 Å². The lowest BCUT2D eigenvalue weighted by molar-refractivity contribution is 0.0948. The zero-order chi connectivity index (χ0) is 19.4. The molecular formula is C19H14BrF2N3O2. The topological polar surface area (TPSA) is 64.0 Å². The summed E-state index contributed by atoms with van der Waals surface area (Å²) >= 11 is 3.32. The maximum Gasteiger partial charge on any atom is 0.263 e. The molecule has 8 heteroatoms. The fraction of sp³-hybridized carbons (Fsp3) is 0.105. The molecule has 3 rings (SSSR count). The van der Waals surface area contributed by atoms with Gasteiger partial charge < -0.3 is 9.88 Å². The van der Waals surface area contributed by atoms with Gasteiger partial charge in [0.15, 0.2) is 11.6 Å². The number of rotatable bonds is 5. The number of hydrogen-bond acceptors (Lipinski definition) is 3. The van der Waals surface area contributed by atoms with Crippen LogP contribution in [0.15, 0.2) is 64.1 Å². The molecular weight excluding hydrogens is 420 g/mol. The Balaban J connectivity index is 1.76. The van der Waals surface area contributed by atoms with Gasteiger partial charge in [-0.3, -0.25) is 14.6 Å². The number of hydrogen-bond donors (Lipinski definition) is 1. The number of aromatic nitrogens is 2. The summed E-state index contributed by atoms with van der Waals surface area (Å²) in [4.78, 5) is 29.0. The molecule has 0 spiro atoms. The molecule has 0 saturated carbocycles. The van der Waals surface area contributed by atoms with Gasteiger partial charge in [-0.05, 0) is 42.0 Å². The Hall–Kier alpha value is -2.87. The summed E-state index contributed by atoms with van der Waals surface area (Å²) in [5.74, 6) is -2.49. The standard InChI is InChI=1S/C19H14BrF2N3O2/c20-13-5-6-23-14(9-13)10-24-18(26)15-2-1-7-25(19(15)27)11-12-3-4-16(21)17(22)8-12/h1-9H,10-11H2,(H,24,26). The number of carbonyl (C=O) groups is 1. The highest BCUT2D eigenvalue weighted by Gasteiger charge is 2.13. The van der Waals surface area contributed by atoms with Crippen molar-refractivity contribution in [1.29, 1.82) is 0 Å². The molecule has 0 unspecified atom stereocenters. The smallest absolute Gasteiger partial charge is 0.263 e. The van der Waals surface area contributed by atoms with E-state index in [1.165, 1.54) is 22.9 Å². The first kappa shape index (κ1) is 18.9. The molecule has 2 heterocycles. The van der Waals surface area contributed by atoms with Crippen LogP contribution < -0.4 is 10.9 Å². The lowest BCUT2D eigenvalue weighted by atomic mass is 10.2. The zero-order valence-corrected chi connectivity index (χ0v) is 15.5. The molecule has 0 saturated heterocycles. The summed E-state index contributed by atoms with van der Waals surface area (Å²) < 4.78 is 28.5. The van der Waals surface area contributed by atoms with Gasteiger partial charge in [0.05, 0.1) is 18.8 Å². The van der Waals surface area contributed by atoms with Crippen molar-refractivity contribution >= 4 is 21.8 Å². The summed E-state index contributed by atoms with van der Waals surface area (Å²) in [6.07, 6.45) is 3.08. The number of amides is 1. The fourth-order valence-corrected chi connectivity index (χ4v) is 2.86. The van der Waals surface area contributed by atoms with Gasteiger partial charge >= 0.3 is 0 Å². The van der Waals surface area contributed by atoms with Crippen LogP contribution in [-0.4, -0.2) is 15.5 Å². The van der Waals surface area contributed by atoms with E-state index in [0.29, 0.717) is 11.3 Å². The number of halogens is 3. The van der Waals surface area contributed by atoms with Crippen molar-refractivity contribution in [3.63, 3.8) is 0 Å². The predicted octanol–water partition coefficient (Wildman–Crippen LogP) is 3.26. The van der Waals surface area contributed by atoms with Crippen LogP contribution in [0.4, 0.5) is 8.78 Å². The number of nitrogens with zero attached hydrogens (tertiary/aromatic N) is 2. The third-order valence-corrected chi connectivity index (χ3v) is 4.30. The molecule has 138 valence electrons. The average Bonchev–Trinajstić information content (AvgIpc) is 2.64. The summed E-state index contributed by atoms with van der Waals surface area (Å²) in [5.41, 5.74) is 0.472. The summed E-state index contributed by atoms with van der Waals surface area (Å²) in [5, 5.41) is 2.65. The fourth-order valence-electron chi connectivity index (χ4n) is 2.48. The Morgan fingerprint density at radius 3 is 2.70 bits per heavy atom. The Morgan fingerprint density at radius 2 is 1.96 bits per heavy atom. The highest BCUT2D eigenvalue weighted by Crippen LogP contribution is 2.10. The van der Waals surface area contributed by atoms with E-state index >= 15 is 0 Å². The van der Waals surface area contributed by atoms with Gasteiger partial charge in [0, 0.05) is 16.9 Å². The van der Waals surface area contributed by atoms with E-state index in [2.05, 4.69) is 26.2 Å². The largest absolute Gasteiger partial charge is 0.346 e. The average molecular weight is 434 g/mol. The molecule has 1 amide bonds. The van der Waals surface area contributed by atoms with E-state index in [-0.39, 0.29) is 18.7 Å². The number of carbonyl (C=O) groups excluding carboxylic acids is 1. The minimum Gasteiger partial charge on any atom is -0.346 e. The van der Waals surface area contributed by atoms with Gasteiger partial charge in [0.2, 0.25) is 0 Å². The molecule has 0 fully saturated rings. The van der Waals surface area contributed by atoms with Crippen LogP contribution >= 0.6 is 15.9 Å². The van der Waals surface area contributed by atoms with Crippen LogP contribution in [0.5, 0.6) is 0 Å². The molecule has 2 aromatic heterocycles. The molecule has 1 aromatic carbocycles. The molecule has 0 aliphatic carbocycles. The van der Waals surface area contributed by atoms with E-state index in [1.807, 2.05) is 0 Å². The Kier molecular flexibility index (Phi) is 5.75. The van der Waals surface area contributed by atoms with Crippen molar-refractivity contribution in [3.8, 4) is 0 Å². The Bertz CT molecular complexity index is 1050. The normalized spacial score (nSPS) is 10.6. The second-order valence-corrected chi connectivity index (χ2v) is 6.67. The molecule has 5 nitrogen and oxygen atoms in total. The van der Waals surface area contributed by atoms with Crippen LogP contribution in [0.1, 0.15) is 21.6 Å². The van der Waals surface area contributed by atoms with Crippen molar-refractivity contribution in [2.24, 2.45) is 0 Å². The molecule has 0 bridgehead atoms. The number of pyridine rings is 2. The summed E-state index contributed by atoms with van der Waals surface area (Å²) in [6, 6.07) is 9.88. The van der Waals surface area contributed by atoms with E-state index < -0.39 is 23.1 Å². The molecule has 0 atom stereocenters. The highest BCUT2D eigenvalue weighted by atomic mass is 79.9. The summed E-state index contributed by atoms with van der Waals surface area (Å²) in [7, 11) is 0. The van der Waals surface area contributed by atoms with Gasteiger partial charge in [-0.15, -0.1) is 0 Å². The first-order chi connectivity index (χ1) is 12.9. The van der Waals surface area contributed by atoms with Crippen molar-refractivity contribution in [2.75, 3.05) is 0 Å². The lowest BCUT2D eigenvalue weighted by Gasteiger charge is -2.09. The minimum atomic E-state index is -0.990. The molecule has 0 aliphatic rings. The van der Waals surface area contributed by atoms with Gasteiger partial charge in [-0.2, -0.15) is 0 Å². The van der Waals surface area contributed by atoms with E-state index in [9.17, 15) is 18.4 Å². The van der Waals surface area contributed by atoms with Crippen LogP contribution in [-0.2, 0) is 13.1 Å². The van der Waals surface area contributed by atoms with Crippen LogP contribution in [0, 0.1) is 11.6 Å². The SMILES string of the molecule is O=C(NCc1cc(Br)ccn1)c1cccn(Cc2ccc(F)c(F)c2)c1=O.